The van der Waals surface area contributed by atoms with E-state index in [-0.39, 0.29) is 5.91 Å². The largest absolute Gasteiger partial charge is 0.457 e. The van der Waals surface area contributed by atoms with Gasteiger partial charge in [0, 0.05) is 27.7 Å². The van der Waals surface area contributed by atoms with Crippen LogP contribution in [-0.4, -0.2) is 5.91 Å². The summed E-state index contributed by atoms with van der Waals surface area (Å²) in [6.07, 6.45) is 3.00. The Balaban J connectivity index is 1.26. The summed E-state index contributed by atoms with van der Waals surface area (Å²) in [6, 6.07) is 25.5. The third-order valence-electron chi connectivity index (χ3n) is 5.59. The number of para-hydroxylation sites is 1. The normalized spacial score (nSPS) is 11.3. The molecule has 0 aliphatic heterocycles. The molecule has 172 valence electrons. The number of hydrogen-bond donors (Lipinski definition) is 1. The van der Waals surface area contributed by atoms with E-state index >= 15 is 0 Å². The van der Waals surface area contributed by atoms with Gasteiger partial charge in [-0.1, -0.05) is 54.1 Å². The molecule has 0 atom stereocenters. The maximum atomic E-state index is 12.4. The van der Waals surface area contributed by atoms with Crippen molar-refractivity contribution < 1.29 is 13.6 Å². The number of carbonyl (C=O) groups excluding carboxylic acids is 1. The smallest absolute Gasteiger partial charge is 0.344 e. The van der Waals surface area contributed by atoms with Crippen molar-refractivity contribution in [2.45, 2.75) is 6.92 Å². The number of carbonyl (C=O) groups is 1. The first-order valence-electron chi connectivity index (χ1n) is 10.9. The highest BCUT2D eigenvalue weighted by Crippen LogP contribution is 2.27. The Kier molecular flexibility index (Phi) is 6.08. The maximum Gasteiger partial charge on any atom is 0.344 e. The van der Waals surface area contributed by atoms with Crippen LogP contribution in [0.2, 0.25) is 5.02 Å². The van der Waals surface area contributed by atoms with Crippen LogP contribution in [-0.2, 0) is 4.79 Å². The number of nitrogens with one attached hydrogen (secondary N) is 1. The SMILES string of the molecule is Cc1ccc(-c2ccc(/C=C/C(=O)Nc3ccc(-c4cc5ccccc5oc4=O)cc3)o2)cc1Cl. The first-order valence-corrected chi connectivity index (χ1v) is 11.3. The molecule has 2 heterocycles. The van der Waals surface area contributed by atoms with Gasteiger partial charge < -0.3 is 14.2 Å². The van der Waals surface area contributed by atoms with Crippen molar-refractivity contribution in [3.8, 4) is 22.5 Å². The molecule has 1 N–H and O–H groups in total. The lowest BCUT2D eigenvalue weighted by Gasteiger charge is -2.05. The molecule has 0 aliphatic rings. The third kappa shape index (κ3) is 4.95. The van der Waals surface area contributed by atoms with Crippen LogP contribution in [0.5, 0.6) is 0 Å². The monoisotopic (exact) mass is 481 g/mol. The molecule has 6 heteroatoms. The van der Waals surface area contributed by atoms with Gasteiger partial charge in [0.25, 0.3) is 0 Å². The Bertz CT molecular complexity index is 1630. The molecule has 5 rings (SSSR count). The number of hydrogen-bond acceptors (Lipinski definition) is 4. The van der Waals surface area contributed by atoms with E-state index in [1.54, 1.807) is 48.5 Å². The fraction of sp³-hybridized carbons (Fsp3) is 0.0345. The molecule has 0 aliphatic carbocycles. The number of furan rings is 1. The molecule has 0 unspecified atom stereocenters. The van der Waals surface area contributed by atoms with Gasteiger partial charge in [-0.3, -0.25) is 4.79 Å². The van der Waals surface area contributed by atoms with Crippen molar-refractivity contribution in [1.29, 1.82) is 0 Å². The van der Waals surface area contributed by atoms with Crippen LogP contribution in [0.15, 0.2) is 105 Å². The van der Waals surface area contributed by atoms with E-state index in [1.807, 2.05) is 49.4 Å². The van der Waals surface area contributed by atoms with E-state index in [1.165, 1.54) is 6.08 Å². The summed E-state index contributed by atoms with van der Waals surface area (Å²) < 4.78 is 11.2. The summed E-state index contributed by atoms with van der Waals surface area (Å²) in [5.41, 5.74) is 3.76. The van der Waals surface area contributed by atoms with E-state index in [0.717, 1.165) is 16.5 Å². The van der Waals surface area contributed by atoms with E-state index < -0.39 is 5.63 Å². The minimum atomic E-state index is -0.408. The molecular formula is C29H20ClNO4. The number of halogens is 1. The van der Waals surface area contributed by atoms with E-state index in [4.69, 9.17) is 20.4 Å². The Hall–Kier alpha value is -4.35. The van der Waals surface area contributed by atoms with Gasteiger partial charge in [-0.05, 0) is 66.6 Å². The second kappa shape index (κ2) is 9.49. The summed E-state index contributed by atoms with van der Waals surface area (Å²) in [7, 11) is 0. The molecule has 2 aromatic heterocycles. The molecule has 0 saturated carbocycles. The zero-order valence-electron chi connectivity index (χ0n) is 18.7. The number of aryl methyl sites for hydroxylation is 1. The van der Waals surface area contributed by atoms with Crippen molar-refractivity contribution in [1.82, 2.24) is 0 Å². The second-order valence-electron chi connectivity index (χ2n) is 8.05. The molecular weight excluding hydrogens is 462 g/mol. The Labute approximate surface area is 206 Å². The van der Waals surface area contributed by atoms with Gasteiger partial charge in [-0.25, -0.2) is 4.79 Å². The molecule has 5 aromatic rings. The van der Waals surface area contributed by atoms with Crippen LogP contribution in [0.4, 0.5) is 5.69 Å². The van der Waals surface area contributed by atoms with Crippen LogP contribution < -0.4 is 10.9 Å². The minimum absolute atomic E-state index is 0.306. The Morgan fingerprint density at radius 3 is 2.46 bits per heavy atom. The van der Waals surface area contributed by atoms with Crippen molar-refractivity contribution in [2.24, 2.45) is 0 Å². The fourth-order valence-electron chi connectivity index (χ4n) is 3.68. The summed E-state index contributed by atoms with van der Waals surface area (Å²) in [5.74, 6) is 0.908. The molecule has 0 radical (unpaired) electrons. The standard InChI is InChI=1S/C29H20ClNO4/c1-18-6-7-21(17-25(18)30)27-14-12-23(34-27)13-15-28(32)31-22-10-8-19(9-11-22)24-16-20-4-2-3-5-26(20)35-29(24)33/h2-17H,1H3,(H,31,32)/b15-13+. The van der Waals surface area contributed by atoms with Gasteiger partial charge in [0.2, 0.25) is 5.91 Å². The highest BCUT2D eigenvalue weighted by atomic mass is 35.5. The molecule has 1 amide bonds. The Morgan fingerprint density at radius 1 is 0.886 bits per heavy atom. The number of fused-ring (bicyclic) bond motifs is 1. The first-order chi connectivity index (χ1) is 17.0. The maximum absolute atomic E-state index is 12.4. The predicted octanol–water partition coefficient (Wildman–Crippen LogP) is 7.33. The molecule has 0 fully saturated rings. The average molecular weight is 482 g/mol. The lowest BCUT2D eigenvalue weighted by atomic mass is 10.1. The lowest BCUT2D eigenvalue weighted by molar-refractivity contribution is -0.111. The highest BCUT2D eigenvalue weighted by Gasteiger charge is 2.09. The van der Waals surface area contributed by atoms with Crippen LogP contribution in [0, 0.1) is 6.92 Å². The van der Waals surface area contributed by atoms with Gasteiger partial charge >= 0.3 is 5.63 Å². The van der Waals surface area contributed by atoms with Crippen molar-refractivity contribution >= 4 is 40.2 Å². The van der Waals surface area contributed by atoms with Crippen molar-refractivity contribution in [2.75, 3.05) is 5.32 Å². The number of benzene rings is 3. The highest BCUT2D eigenvalue weighted by molar-refractivity contribution is 6.31. The van der Waals surface area contributed by atoms with Crippen molar-refractivity contribution in [3.05, 3.63) is 118 Å². The molecule has 5 nitrogen and oxygen atoms in total. The summed E-state index contributed by atoms with van der Waals surface area (Å²) >= 11 is 6.20. The van der Waals surface area contributed by atoms with Gasteiger partial charge in [-0.15, -0.1) is 0 Å². The van der Waals surface area contributed by atoms with Crippen LogP contribution in [0.1, 0.15) is 11.3 Å². The van der Waals surface area contributed by atoms with E-state index in [9.17, 15) is 9.59 Å². The van der Waals surface area contributed by atoms with E-state index in [2.05, 4.69) is 5.32 Å². The van der Waals surface area contributed by atoms with Crippen LogP contribution in [0.25, 0.3) is 39.5 Å². The average Bonchev–Trinajstić information content (AvgIpc) is 3.34. The fourth-order valence-corrected chi connectivity index (χ4v) is 3.86. The zero-order chi connectivity index (χ0) is 24.4. The number of amides is 1. The van der Waals surface area contributed by atoms with Crippen molar-refractivity contribution in [3.63, 3.8) is 0 Å². The van der Waals surface area contributed by atoms with Gasteiger partial charge in [0.15, 0.2) is 0 Å². The van der Waals surface area contributed by atoms with Gasteiger partial charge in [-0.2, -0.15) is 0 Å². The molecule has 3 aromatic carbocycles. The molecule has 0 spiro atoms. The van der Waals surface area contributed by atoms with Gasteiger partial charge in [0.05, 0.1) is 5.56 Å². The van der Waals surface area contributed by atoms with Gasteiger partial charge in [0.1, 0.15) is 17.1 Å². The first kappa shape index (κ1) is 22.4. The van der Waals surface area contributed by atoms with Crippen LogP contribution >= 0.6 is 11.6 Å². The molecule has 0 bridgehead atoms. The Morgan fingerprint density at radius 2 is 1.66 bits per heavy atom. The minimum Gasteiger partial charge on any atom is -0.457 e. The molecule has 35 heavy (non-hydrogen) atoms. The number of anilines is 1. The van der Waals surface area contributed by atoms with Crippen LogP contribution in [0.3, 0.4) is 0 Å². The molecule has 0 saturated heterocycles. The lowest BCUT2D eigenvalue weighted by Crippen LogP contribution is -2.07. The number of rotatable bonds is 5. The summed E-state index contributed by atoms with van der Waals surface area (Å²) in [6.45, 7) is 1.94. The second-order valence-corrected chi connectivity index (χ2v) is 8.46. The topological polar surface area (TPSA) is 72.5 Å². The summed E-state index contributed by atoms with van der Waals surface area (Å²) in [5, 5.41) is 4.31. The third-order valence-corrected chi connectivity index (χ3v) is 5.99. The summed E-state index contributed by atoms with van der Waals surface area (Å²) in [4.78, 5) is 24.8. The zero-order valence-corrected chi connectivity index (χ0v) is 19.5. The predicted molar refractivity (Wildman–Crippen MR) is 139 cm³/mol. The van der Waals surface area contributed by atoms with E-state index in [0.29, 0.717) is 38.9 Å². The quantitative estimate of drug-likeness (QED) is 0.210.